The summed E-state index contributed by atoms with van der Waals surface area (Å²) in [6.45, 7) is 7.44. The van der Waals surface area contributed by atoms with Crippen LogP contribution in [0, 0.1) is 0 Å². The maximum absolute atomic E-state index is 11.6. The van der Waals surface area contributed by atoms with Crippen molar-refractivity contribution < 1.29 is 9.21 Å². The second kappa shape index (κ2) is 5.56. The Labute approximate surface area is 112 Å². The molecule has 1 aromatic rings. The van der Waals surface area contributed by atoms with Gasteiger partial charge in [0.1, 0.15) is 6.04 Å². The lowest BCUT2D eigenvalue weighted by Gasteiger charge is -2.21. The van der Waals surface area contributed by atoms with Gasteiger partial charge in [-0.3, -0.25) is 4.79 Å². The van der Waals surface area contributed by atoms with Crippen molar-refractivity contribution in [1.29, 1.82) is 0 Å². The molecule has 0 bridgehead atoms. The van der Waals surface area contributed by atoms with Gasteiger partial charge in [0.2, 0.25) is 11.8 Å². The second-order valence-corrected chi connectivity index (χ2v) is 5.73. The number of carbonyl (C=O) groups is 1. The van der Waals surface area contributed by atoms with Crippen LogP contribution in [0.1, 0.15) is 39.5 Å². The van der Waals surface area contributed by atoms with E-state index in [2.05, 4.69) is 46.9 Å². The molecule has 1 aliphatic heterocycles. The molecule has 106 valence electrons. The molecule has 3 N–H and O–H groups in total. The highest BCUT2D eigenvalue weighted by Gasteiger charge is 2.23. The number of amides is 1. The lowest BCUT2D eigenvalue weighted by atomic mass is 10.1. The fourth-order valence-electron chi connectivity index (χ4n) is 1.78. The molecule has 0 aromatic carbocycles. The minimum Gasteiger partial charge on any atom is -0.407 e. The number of nitrogens with one attached hydrogen (secondary N) is 3. The average Bonchev–Trinajstić information content (AvgIpc) is 2.77. The topological polar surface area (TPSA) is 92.1 Å². The predicted molar refractivity (Wildman–Crippen MR) is 70.5 cm³/mol. The lowest BCUT2D eigenvalue weighted by Crippen LogP contribution is -2.44. The molecule has 2 heterocycles. The largest absolute Gasteiger partial charge is 0.407 e. The first kappa shape index (κ1) is 13.8. The van der Waals surface area contributed by atoms with E-state index in [1.54, 1.807) is 0 Å². The quantitative estimate of drug-likeness (QED) is 0.742. The maximum Gasteiger partial charge on any atom is 0.316 e. The summed E-state index contributed by atoms with van der Waals surface area (Å²) in [6.07, 6.45) is 1.74. The first-order chi connectivity index (χ1) is 8.94. The molecule has 7 nitrogen and oxygen atoms in total. The molecule has 0 saturated carbocycles. The van der Waals surface area contributed by atoms with Gasteiger partial charge >= 0.3 is 6.01 Å². The zero-order valence-corrected chi connectivity index (χ0v) is 11.6. The first-order valence-electron chi connectivity index (χ1n) is 6.56. The van der Waals surface area contributed by atoms with Crippen molar-refractivity contribution in [3.8, 4) is 0 Å². The van der Waals surface area contributed by atoms with Crippen LogP contribution in [-0.4, -0.2) is 34.2 Å². The van der Waals surface area contributed by atoms with Crippen LogP contribution in [0.15, 0.2) is 4.42 Å². The fourth-order valence-corrected chi connectivity index (χ4v) is 1.78. The maximum atomic E-state index is 11.6. The van der Waals surface area contributed by atoms with Crippen LogP contribution >= 0.6 is 0 Å². The summed E-state index contributed by atoms with van der Waals surface area (Å²) in [6, 6.07) is 0.0189. The van der Waals surface area contributed by atoms with Gasteiger partial charge in [0.05, 0.1) is 6.54 Å². The monoisotopic (exact) mass is 267 g/mol. The smallest absolute Gasteiger partial charge is 0.316 e. The Balaban J connectivity index is 1.88. The minimum absolute atomic E-state index is 0.00861. The van der Waals surface area contributed by atoms with E-state index in [-0.39, 0.29) is 17.5 Å². The van der Waals surface area contributed by atoms with E-state index in [4.69, 9.17) is 4.42 Å². The summed E-state index contributed by atoms with van der Waals surface area (Å²) in [5, 5.41) is 16.9. The van der Waals surface area contributed by atoms with E-state index < -0.39 is 0 Å². The third kappa shape index (κ3) is 4.20. The molecule has 1 fully saturated rings. The number of anilines is 1. The number of rotatable bonds is 4. The third-order valence-corrected chi connectivity index (χ3v) is 2.82. The number of nitrogens with zero attached hydrogens (tertiary/aromatic N) is 2. The van der Waals surface area contributed by atoms with Crippen molar-refractivity contribution in [2.75, 3.05) is 11.9 Å². The number of aromatic nitrogens is 2. The Morgan fingerprint density at radius 1 is 1.42 bits per heavy atom. The fraction of sp³-hybridized carbons (Fsp3) is 0.750. The molecule has 0 radical (unpaired) electrons. The highest BCUT2D eigenvalue weighted by Crippen LogP contribution is 2.12. The number of carbonyl (C=O) groups excluding carboxylic acids is 1. The Hall–Kier alpha value is -1.63. The Kier molecular flexibility index (Phi) is 4.04. The number of piperidine rings is 1. The van der Waals surface area contributed by atoms with Crippen molar-refractivity contribution in [2.45, 2.75) is 51.7 Å². The molecule has 0 spiro atoms. The van der Waals surface area contributed by atoms with Gasteiger partial charge in [-0.05, 0) is 33.6 Å². The van der Waals surface area contributed by atoms with Crippen LogP contribution in [0.25, 0.3) is 0 Å². The van der Waals surface area contributed by atoms with Crippen LogP contribution < -0.4 is 16.0 Å². The predicted octanol–water partition coefficient (Wildman–Crippen LogP) is 0.648. The highest BCUT2D eigenvalue weighted by atomic mass is 16.4. The van der Waals surface area contributed by atoms with E-state index in [0.717, 1.165) is 19.4 Å². The summed E-state index contributed by atoms with van der Waals surface area (Å²) in [4.78, 5) is 11.6. The standard InChI is InChI=1S/C12H21N5O2/c1-12(2,3)14-7-9-16-17-11(19-9)15-8-5-4-6-13-10(8)18/h8,14H,4-7H2,1-3H3,(H,13,18)(H,15,17). The van der Waals surface area contributed by atoms with E-state index in [9.17, 15) is 4.79 Å². The molecule has 19 heavy (non-hydrogen) atoms. The first-order valence-corrected chi connectivity index (χ1v) is 6.56. The van der Waals surface area contributed by atoms with Crippen molar-refractivity contribution in [3.05, 3.63) is 5.89 Å². The summed E-state index contributed by atoms with van der Waals surface area (Å²) in [7, 11) is 0. The molecule has 1 unspecified atom stereocenters. The van der Waals surface area contributed by atoms with Gasteiger partial charge in [0.25, 0.3) is 0 Å². The van der Waals surface area contributed by atoms with Gasteiger partial charge in [-0.1, -0.05) is 5.10 Å². The van der Waals surface area contributed by atoms with E-state index in [1.807, 2.05) is 0 Å². The average molecular weight is 267 g/mol. The Morgan fingerprint density at radius 2 is 2.21 bits per heavy atom. The normalized spacial score (nSPS) is 20.2. The molecule has 1 aromatic heterocycles. The molecule has 0 aliphatic carbocycles. The van der Waals surface area contributed by atoms with Gasteiger partial charge in [-0.2, -0.15) is 0 Å². The number of hydrogen-bond donors (Lipinski definition) is 3. The SMILES string of the molecule is CC(C)(C)NCc1nnc(NC2CCCNC2=O)o1. The summed E-state index contributed by atoms with van der Waals surface area (Å²) in [5.41, 5.74) is -0.00861. The van der Waals surface area contributed by atoms with E-state index >= 15 is 0 Å². The highest BCUT2D eigenvalue weighted by molar-refractivity contribution is 5.84. The second-order valence-electron chi connectivity index (χ2n) is 5.73. The zero-order chi connectivity index (χ0) is 13.9. The Bertz CT molecular complexity index is 438. The Morgan fingerprint density at radius 3 is 2.89 bits per heavy atom. The van der Waals surface area contributed by atoms with Crippen LogP contribution in [-0.2, 0) is 11.3 Å². The summed E-state index contributed by atoms with van der Waals surface area (Å²) in [5.74, 6) is 0.493. The third-order valence-electron chi connectivity index (χ3n) is 2.82. The van der Waals surface area contributed by atoms with Crippen molar-refractivity contribution >= 4 is 11.9 Å². The van der Waals surface area contributed by atoms with Crippen molar-refractivity contribution in [1.82, 2.24) is 20.8 Å². The molecule has 1 aliphatic rings. The van der Waals surface area contributed by atoms with E-state index in [1.165, 1.54) is 0 Å². The van der Waals surface area contributed by atoms with Crippen molar-refractivity contribution in [3.63, 3.8) is 0 Å². The molecule has 2 rings (SSSR count). The lowest BCUT2D eigenvalue weighted by molar-refractivity contribution is -0.123. The molecule has 1 amide bonds. The van der Waals surface area contributed by atoms with Gasteiger partial charge in [0, 0.05) is 12.1 Å². The molecular formula is C12H21N5O2. The molecule has 7 heteroatoms. The van der Waals surface area contributed by atoms with Crippen LogP contribution in [0.4, 0.5) is 6.01 Å². The molecular weight excluding hydrogens is 246 g/mol. The summed E-state index contributed by atoms with van der Waals surface area (Å²) >= 11 is 0. The van der Waals surface area contributed by atoms with Gasteiger partial charge in [-0.25, -0.2) is 0 Å². The van der Waals surface area contributed by atoms with Crippen LogP contribution in [0.2, 0.25) is 0 Å². The molecule has 1 atom stereocenters. The zero-order valence-electron chi connectivity index (χ0n) is 11.6. The minimum atomic E-state index is -0.280. The van der Waals surface area contributed by atoms with Gasteiger partial charge in [-0.15, -0.1) is 5.10 Å². The van der Waals surface area contributed by atoms with Gasteiger partial charge < -0.3 is 20.4 Å². The van der Waals surface area contributed by atoms with E-state index in [0.29, 0.717) is 18.5 Å². The number of hydrogen-bond acceptors (Lipinski definition) is 6. The van der Waals surface area contributed by atoms with Crippen LogP contribution in [0.3, 0.4) is 0 Å². The van der Waals surface area contributed by atoms with Crippen molar-refractivity contribution in [2.24, 2.45) is 0 Å². The van der Waals surface area contributed by atoms with Gasteiger partial charge in [0.15, 0.2) is 0 Å². The molecule has 1 saturated heterocycles. The summed E-state index contributed by atoms with van der Waals surface area (Å²) < 4.78 is 5.45. The van der Waals surface area contributed by atoms with Crippen LogP contribution in [0.5, 0.6) is 0 Å².